The van der Waals surface area contributed by atoms with Gasteiger partial charge in [-0.15, -0.1) is 12.4 Å². The largest absolute Gasteiger partial charge is 0.340 e. The van der Waals surface area contributed by atoms with Crippen molar-refractivity contribution >= 4 is 18.3 Å². The number of nitrogens with one attached hydrogen (secondary N) is 1. The van der Waals surface area contributed by atoms with Crippen molar-refractivity contribution < 1.29 is 9.32 Å². The number of piperidine rings is 1. The molecular formula is C17H25ClN6O2. The quantitative estimate of drug-likeness (QED) is 0.850. The van der Waals surface area contributed by atoms with Crippen molar-refractivity contribution in [1.82, 2.24) is 30.1 Å². The Hall–Kier alpha value is -1.93. The molecule has 2 aromatic rings. The van der Waals surface area contributed by atoms with E-state index in [0.717, 1.165) is 49.5 Å². The maximum Gasteiger partial charge on any atom is 0.244 e. The number of hydrogen-bond acceptors (Lipinski definition) is 6. The molecule has 26 heavy (non-hydrogen) atoms. The average molecular weight is 381 g/mol. The highest BCUT2D eigenvalue weighted by Crippen LogP contribution is 2.39. The number of hydrogen-bond donors (Lipinski definition) is 1. The number of rotatable bonds is 5. The summed E-state index contributed by atoms with van der Waals surface area (Å²) in [5.74, 6) is 2.21. The summed E-state index contributed by atoms with van der Waals surface area (Å²) in [5.41, 5.74) is 0.882. The first-order valence-electron chi connectivity index (χ1n) is 8.94. The predicted octanol–water partition coefficient (Wildman–Crippen LogP) is 1.77. The van der Waals surface area contributed by atoms with Crippen LogP contribution in [0, 0.1) is 0 Å². The third kappa shape index (κ3) is 3.76. The van der Waals surface area contributed by atoms with Gasteiger partial charge in [0.2, 0.25) is 11.8 Å². The van der Waals surface area contributed by atoms with Gasteiger partial charge in [0.05, 0.1) is 6.20 Å². The molecule has 2 fully saturated rings. The van der Waals surface area contributed by atoms with Crippen LogP contribution in [-0.4, -0.2) is 50.9 Å². The van der Waals surface area contributed by atoms with E-state index in [0.29, 0.717) is 12.5 Å². The van der Waals surface area contributed by atoms with E-state index in [-0.39, 0.29) is 30.3 Å². The molecule has 0 bridgehead atoms. The Bertz CT molecular complexity index is 756. The number of carbonyl (C=O) groups excluding carboxylic acids is 1. The number of nitrogens with zero attached hydrogens (tertiary/aromatic N) is 5. The minimum atomic E-state index is -0.375. The van der Waals surface area contributed by atoms with Crippen LogP contribution in [-0.2, 0) is 11.8 Å². The number of amides is 1. The van der Waals surface area contributed by atoms with Crippen molar-refractivity contribution in [2.75, 3.05) is 20.1 Å². The lowest BCUT2D eigenvalue weighted by Crippen LogP contribution is -2.44. The minimum Gasteiger partial charge on any atom is -0.340 e. The van der Waals surface area contributed by atoms with E-state index in [1.54, 1.807) is 17.9 Å². The fourth-order valence-electron chi connectivity index (χ4n) is 3.50. The van der Waals surface area contributed by atoms with Gasteiger partial charge < -0.3 is 14.7 Å². The molecule has 9 heteroatoms. The normalized spacial score (nSPS) is 21.3. The molecule has 1 aliphatic heterocycles. The standard InChI is InChI=1S/C17H24N6O2.ClH/c1-18-14(13-8-19-22(2)9-13)17(24)23-7-3-4-12(10-23)15-20-16(25-21-15)11-5-6-11;/h8-9,11-12,14,18H,3-7,10H2,1-2H3;1H. The molecule has 2 aliphatic rings. The Morgan fingerprint density at radius 1 is 1.35 bits per heavy atom. The predicted molar refractivity (Wildman–Crippen MR) is 97.1 cm³/mol. The van der Waals surface area contributed by atoms with Crippen molar-refractivity contribution in [3.63, 3.8) is 0 Å². The first-order chi connectivity index (χ1) is 12.2. The topological polar surface area (TPSA) is 89.1 Å². The molecule has 2 aromatic heterocycles. The number of aryl methyl sites for hydroxylation is 1. The number of aromatic nitrogens is 4. The zero-order valence-corrected chi connectivity index (χ0v) is 15.9. The molecule has 4 rings (SSSR count). The van der Waals surface area contributed by atoms with Crippen molar-refractivity contribution in [3.05, 3.63) is 29.7 Å². The van der Waals surface area contributed by atoms with E-state index >= 15 is 0 Å². The van der Waals surface area contributed by atoms with Crippen LogP contribution in [0.1, 0.15) is 60.8 Å². The van der Waals surface area contributed by atoms with Crippen LogP contribution in [0.15, 0.2) is 16.9 Å². The summed E-state index contributed by atoms with van der Waals surface area (Å²) < 4.78 is 7.10. The molecule has 8 nitrogen and oxygen atoms in total. The van der Waals surface area contributed by atoms with Gasteiger partial charge in [0.25, 0.3) is 0 Å². The summed E-state index contributed by atoms with van der Waals surface area (Å²) >= 11 is 0. The van der Waals surface area contributed by atoms with E-state index in [1.165, 1.54) is 0 Å². The van der Waals surface area contributed by atoms with Crippen LogP contribution in [0.4, 0.5) is 0 Å². The second-order valence-electron chi connectivity index (χ2n) is 7.06. The van der Waals surface area contributed by atoms with E-state index in [2.05, 4.69) is 20.6 Å². The zero-order chi connectivity index (χ0) is 17.4. The molecule has 1 aliphatic carbocycles. The highest BCUT2D eigenvalue weighted by molar-refractivity contribution is 5.85. The van der Waals surface area contributed by atoms with E-state index in [9.17, 15) is 4.79 Å². The number of halogens is 1. The molecule has 1 amide bonds. The van der Waals surface area contributed by atoms with Gasteiger partial charge in [-0.05, 0) is 32.7 Å². The number of carbonyl (C=O) groups is 1. The lowest BCUT2D eigenvalue weighted by Gasteiger charge is -2.33. The first-order valence-corrected chi connectivity index (χ1v) is 8.94. The maximum absolute atomic E-state index is 13.0. The molecule has 1 saturated heterocycles. The van der Waals surface area contributed by atoms with Crippen molar-refractivity contribution in [1.29, 1.82) is 0 Å². The summed E-state index contributed by atoms with van der Waals surface area (Å²) in [6, 6.07) is -0.375. The Balaban J connectivity index is 0.00000196. The zero-order valence-electron chi connectivity index (χ0n) is 15.1. The van der Waals surface area contributed by atoms with Crippen molar-refractivity contribution in [2.24, 2.45) is 7.05 Å². The monoisotopic (exact) mass is 380 g/mol. The Kier molecular flexibility index (Phi) is 5.62. The summed E-state index contributed by atoms with van der Waals surface area (Å²) in [4.78, 5) is 19.5. The van der Waals surface area contributed by atoms with Gasteiger partial charge in [-0.1, -0.05) is 5.16 Å². The third-order valence-electron chi connectivity index (χ3n) is 5.08. The Morgan fingerprint density at radius 2 is 2.15 bits per heavy atom. The van der Waals surface area contributed by atoms with Crippen LogP contribution in [0.25, 0.3) is 0 Å². The second-order valence-corrected chi connectivity index (χ2v) is 7.06. The van der Waals surface area contributed by atoms with Crippen LogP contribution in [0.2, 0.25) is 0 Å². The number of likely N-dealkylation sites (N-methyl/N-ethyl adjacent to an activating group) is 1. The van der Waals surface area contributed by atoms with Gasteiger partial charge in [-0.25, -0.2) is 0 Å². The van der Waals surface area contributed by atoms with E-state index in [1.807, 2.05) is 18.1 Å². The van der Waals surface area contributed by atoms with Crippen LogP contribution >= 0.6 is 12.4 Å². The molecule has 1 N–H and O–H groups in total. The lowest BCUT2D eigenvalue weighted by molar-refractivity contribution is -0.134. The second kappa shape index (κ2) is 7.75. The van der Waals surface area contributed by atoms with Crippen LogP contribution < -0.4 is 5.32 Å². The maximum atomic E-state index is 13.0. The fraction of sp³-hybridized carbons (Fsp3) is 0.647. The molecule has 0 radical (unpaired) electrons. The van der Waals surface area contributed by atoms with E-state index in [4.69, 9.17) is 4.52 Å². The molecule has 0 spiro atoms. The highest BCUT2D eigenvalue weighted by atomic mass is 35.5. The summed E-state index contributed by atoms with van der Waals surface area (Å²) in [6.07, 6.45) is 7.85. The summed E-state index contributed by atoms with van der Waals surface area (Å²) in [5, 5.41) is 11.5. The molecule has 2 unspecified atom stereocenters. The van der Waals surface area contributed by atoms with Crippen LogP contribution in [0.5, 0.6) is 0 Å². The van der Waals surface area contributed by atoms with Crippen molar-refractivity contribution in [2.45, 2.75) is 43.6 Å². The van der Waals surface area contributed by atoms with Gasteiger partial charge in [-0.2, -0.15) is 10.1 Å². The first kappa shape index (κ1) is 18.8. The van der Waals surface area contributed by atoms with Gasteiger partial charge in [0, 0.05) is 43.7 Å². The molecule has 0 aromatic carbocycles. The van der Waals surface area contributed by atoms with Gasteiger partial charge in [0.15, 0.2) is 5.82 Å². The molecule has 3 heterocycles. The van der Waals surface area contributed by atoms with Crippen molar-refractivity contribution in [3.8, 4) is 0 Å². The molecule has 2 atom stereocenters. The third-order valence-corrected chi connectivity index (χ3v) is 5.08. The molecular weight excluding hydrogens is 356 g/mol. The molecule has 142 valence electrons. The highest BCUT2D eigenvalue weighted by Gasteiger charge is 2.34. The lowest BCUT2D eigenvalue weighted by atomic mass is 9.96. The fourth-order valence-corrected chi connectivity index (χ4v) is 3.50. The van der Waals surface area contributed by atoms with E-state index < -0.39 is 0 Å². The van der Waals surface area contributed by atoms with Gasteiger partial charge in [0.1, 0.15) is 6.04 Å². The van der Waals surface area contributed by atoms with Gasteiger partial charge >= 0.3 is 0 Å². The number of likely N-dealkylation sites (tertiary alicyclic amines) is 1. The smallest absolute Gasteiger partial charge is 0.244 e. The van der Waals surface area contributed by atoms with Gasteiger partial charge in [-0.3, -0.25) is 9.48 Å². The summed E-state index contributed by atoms with van der Waals surface area (Å²) in [6.45, 7) is 1.40. The van der Waals surface area contributed by atoms with Crippen LogP contribution in [0.3, 0.4) is 0 Å². The summed E-state index contributed by atoms with van der Waals surface area (Å²) in [7, 11) is 3.66. The SMILES string of the molecule is CNC(C(=O)N1CCCC(c2noc(C3CC3)n2)C1)c1cnn(C)c1.Cl. The molecule has 1 saturated carbocycles. The minimum absolute atomic E-state index is 0. The Morgan fingerprint density at radius 3 is 2.81 bits per heavy atom. The Labute approximate surface area is 158 Å². The average Bonchev–Trinajstić information content (AvgIpc) is 3.20.